The summed E-state index contributed by atoms with van der Waals surface area (Å²) in [6.45, 7) is 7.82. The molecule has 0 aromatic carbocycles. The lowest BCUT2D eigenvalue weighted by Gasteiger charge is -2.40. The average Bonchev–Trinajstić information content (AvgIpc) is 2.92. The molecule has 0 amide bonds. The third-order valence-corrected chi connectivity index (χ3v) is 4.51. The van der Waals surface area contributed by atoms with E-state index in [-0.39, 0.29) is 0 Å². The van der Waals surface area contributed by atoms with Crippen molar-refractivity contribution in [2.45, 2.75) is 33.2 Å². The summed E-state index contributed by atoms with van der Waals surface area (Å²) in [6.07, 6.45) is 4.42. The molecule has 1 saturated heterocycles. The molecule has 128 valence electrons. The lowest BCUT2D eigenvalue weighted by Crippen LogP contribution is -2.49. The van der Waals surface area contributed by atoms with Crippen molar-refractivity contribution in [1.29, 1.82) is 0 Å². The van der Waals surface area contributed by atoms with E-state index in [1.54, 1.807) is 12.4 Å². The van der Waals surface area contributed by atoms with Crippen LogP contribution in [-0.4, -0.2) is 42.8 Å². The highest BCUT2D eigenvalue weighted by Crippen LogP contribution is 2.28. The smallest absolute Gasteiger partial charge is 0.161 e. The van der Waals surface area contributed by atoms with Gasteiger partial charge in [-0.05, 0) is 32.4 Å². The SMILES string of the molecule is CCc1cc(N2CC(n3nc(C)nc3C)C2)nc(-c2ccncc2)n1. The van der Waals surface area contributed by atoms with Crippen molar-refractivity contribution in [2.75, 3.05) is 18.0 Å². The maximum absolute atomic E-state index is 4.77. The second-order valence-electron chi connectivity index (χ2n) is 6.34. The van der Waals surface area contributed by atoms with Crippen molar-refractivity contribution >= 4 is 5.82 Å². The Kier molecular flexibility index (Phi) is 3.91. The third kappa shape index (κ3) is 2.97. The largest absolute Gasteiger partial charge is 0.352 e. The molecule has 0 saturated carbocycles. The molecule has 25 heavy (non-hydrogen) atoms. The third-order valence-electron chi connectivity index (χ3n) is 4.51. The van der Waals surface area contributed by atoms with Gasteiger partial charge in [-0.2, -0.15) is 5.10 Å². The first kappa shape index (κ1) is 15.7. The second-order valence-corrected chi connectivity index (χ2v) is 6.34. The minimum atomic E-state index is 0.352. The van der Waals surface area contributed by atoms with Gasteiger partial charge >= 0.3 is 0 Å². The topological polar surface area (TPSA) is 72.6 Å². The molecular formula is C18H21N7. The molecule has 3 aromatic heterocycles. The van der Waals surface area contributed by atoms with E-state index in [0.29, 0.717) is 6.04 Å². The Morgan fingerprint density at radius 1 is 1.08 bits per heavy atom. The number of aryl methyl sites for hydroxylation is 3. The zero-order valence-corrected chi connectivity index (χ0v) is 14.7. The summed E-state index contributed by atoms with van der Waals surface area (Å²) in [7, 11) is 0. The molecule has 0 aliphatic carbocycles. The molecule has 0 N–H and O–H groups in total. The molecule has 0 spiro atoms. The maximum Gasteiger partial charge on any atom is 0.161 e. The standard InChI is InChI=1S/C18H21N7/c1-4-15-9-17(22-18(21-15)14-5-7-19-8-6-14)24-10-16(11-24)25-13(3)20-12(2)23-25/h5-9,16H,4,10-11H2,1-3H3. The van der Waals surface area contributed by atoms with Crippen LogP contribution in [0.4, 0.5) is 5.82 Å². The van der Waals surface area contributed by atoms with E-state index in [2.05, 4.69) is 37.9 Å². The van der Waals surface area contributed by atoms with Crippen molar-refractivity contribution in [3.8, 4) is 11.4 Å². The van der Waals surface area contributed by atoms with E-state index < -0.39 is 0 Å². The minimum absolute atomic E-state index is 0.352. The van der Waals surface area contributed by atoms with Gasteiger partial charge in [-0.3, -0.25) is 4.98 Å². The van der Waals surface area contributed by atoms with Crippen molar-refractivity contribution in [3.05, 3.63) is 47.9 Å². The van der Waals surface area contributed by atoms with Crippen LogP contribution < -0.4 is 4.90 Å². The van der Waals surface area contributed by atoms with Crippen molar-refractivity contribution in [1.82, 2.24) is 29.7 Å². The van der Waals surface area contributed by atoms with Crippen LogP contribution in [0.25, 0.3) is 11.4 Å². The van der Waals surface area contributed by atoms with Crippen LogP contribution in [0.15, 0.2) is 30.6 Å². The van der Waals surface area contributed by atoms with Crippen molar-refractivity contribution < 1.29 is 0 Å². The Morgan fingerprint density at radius 2 is 1.84 bits per heavy atom. The van der Waals surface area contributed by atoms with Gasteiger partial charge in [-0.25, -0.2) is 19.6 Å². The highest BCUT2D eigenvalue weighted by molar-refractivity contribution is 5.58. The van der Waals surface area contributed by atoms with E-state index in [4.69, 9.17) is 4.98 Å². The number of hydrogen-bond donors (Lipinski definition) is 0. The fourth-order valence-electron chi connectivity index (χ4n) is 3.14. The quantitative estimate of drug-likeness (QED) is 0.729. The van der Waals surface area contributed by atoms with Gasteiger partial charge in [0, 0.05) is 42.8 Å². The van der Waals surface area contributed by atoms with Gasteiger partial charge in [-0.1, -0.05) is 6.92 Å². The van der Waals surface area contributed by atoms with Crippen LogP contribution in [0.2, 0.25) is 0 Å². The molecule has 0 bridgehead atoms. The molecule has 1 aliphatic rings. The molecule has 0 atom stereocenters. The Morgan fingerprint density at radius 3 is 2.48 bits per heavy atom. The van der Waals surface area contributed by atoms with Gasteiger partial charge in [0.25, 0.3) is 0 Å². The molecule has 0 radical (unpaired) electrons. The summed E-state index contributed by atoms with van der Waals surface area (Å²) >= 11 is 0. The lowest BCUT2D eigenvalue weighted by atomic mass is 10.1. The number of nitrogens with zero attached hydrogens (tertiary/aromatic N) is 7. The van der Waals surface area contributed by atoms with E-state index in [0.717, 1.165) is 54.1 Å². The first-order valence-electron chi connectivity index (χ1n) is 8.57. The molecular weight excluding hydrogens is 314 g/mol. The molecule has 4 rings (SSSR count). The zero-order chi connectivity index (χ0) is 17.4. The first-order chi connectivity index (χ1) is 12.1. The molecule has 7 heteroatoms. The highest BCUT2D eigenvalue weighted by Gasteiger charge is 2.31. The summed E-state index contributed by atoms with van der Waals surface area (Å²) < 4.78 is 2.03. The monoisotopic (exact) mass is 335 g/mol. The maximum atomic E-state index is 4.77. The van der Waals surface area contributed by atoms with E-state index in [1.165, 1.54) is 0 Å². The van der Waals surface area contributed by atoms with Crippen LogP contribution in [-0.2, 0) is 6.42 Å². The fraction of sp³-hybridized carbons (Fsp3) is 0.389. The van der Waals surface area contributed by atoms with Gasteiger partial charge in [-0.15, -0.1) is 0 Å². The highest BCUT2D eigenvalue weighted by atomic mass is 15.4. The van der Waals surface area contributed by atoms with Gasteiger partial charge in [0.05, 0.1) is 6.04 Å². The minimum Gasteiger partial charge on any atom is -0.352 e. The van der Waals surface area contributed by atoms with Gasteiger partial charge < -0.3 is 4.90 Å². The zero-order valence-electron chi connectivity index (χ0n) is 14.7. The summed E-state index contributed by atoms with van der Waals surface area (Å²) in [6, 6.07) is 6.32. The molecule has 4 heterocycles. The normalized spacial score (nSPS) is 14.6. The second kappa shape index (κ2) is 6.23. The predicted molar refractivity (Wildman–Crippen MR) is 95.4 cm³/mol. The van der Waals surface area contributed by atoms with Crippen molar-refractivity contribution in [3.63, 3.8) is 0 Å². The lowest BCUT2D eigenvalue weighted by molar-refractivity contribution is 0.357. The summed E-state index contributed by atoms with van der Waals surface area (Å²) in [4.78, 5) is 20.2. The Balaban J connectivity index is 1.58. The van der Waals surface area contributed by atoms with E-state index in [9.17, 15) is 0 Å². The van der Waals surface area contributed by atoms with Crippen LogP contribution >= 0.6 is 0 Å². The summed E-state index contributed by atoms with van der Waals surface area (Å²) in [5, 5.41) is 4.50. The Labute approximate surface area is 146 Å². The number of pyridine rings is 1. The number of anilines is 1. The Hall–Kier alpha value is -2.83. The molecule has 1 fully saturated rings. The van der Waals surface area contributed by atoms with Gasteiger partial charge in [0.15, 0.2) is 5.82 Å². The molecule has 3 aromatic rings. The van der Waals surface area contributed by atoms with Crippen LogP contribution in [0, 0.1) is 13.8 Å². The number of hydrogen-bond acceptors (Lipinski definition) is 6. The fourth-order valence-corrected chi connectivity index (χ4v) is 3.14. The predicted octanol–water partition coefficient (Wildman–Crippen LogP) is 2.37. The number of aromatic nitrogens is 6. The molecule has 0 unspecified atom stereocenters. The van der Waals surface area contributed by atoms with Crippen LogP contribution in [0.1, 0.15) is 30.3 Å². The average molecular weight is 335 g/mol. The van der Waals surface area contributed by atoms with E-state index in [1.807, 2.05) is 30.7 Å². The summed E-state index contributed by atoms with van der Waals surface area (Å²) in [5.74, 6) is 3.53. The molecule has 1 aliphatic heterocycles. The van der Waals surface area contributed by atoms with Crippen LogP contribution in [0.5, 0.6) is 0 Å². The van der Waals surface area contributed by atoms with Crippen LogP contribution in [0.3, 0.4) is 0 Å². The molecule has 7 nitrogen and oxygen atoms in total. The first-order valence-corrected chi connectivity index (χ1v) is 8.57. The summed E-state index contributed by atoms with van der Waals surface area (Å²) in [5.41, 5.74) is 2.04. The van der Waals surface area contributed by atoms with Crippen molar-refractivity contribution in [2.24, 2.45) is 0 Å². The van der Waals surface area contributed by atoms with E-state index >= 15 is 0 Å². The van der Waals surface area contributed by atoms with Gasteiger partial charge in [0.2, 0.25) is 0 Å². The Bertz CT molecular complexity index is 882. The number of rotatable bonds is 4. The van der Waals surface area contributed by atoms with Gasteiger partial charge in [0.1, 0.15) is 17.5 Å².